The highest BCUT2D eigenvalue weighted by Crippen LogP contribution is 2.21. The zero-order valence-electron chi connectivity index (χ0n) is 17.9. The molecule has 0 spiro atoms. The first kappa shape index (κ1) is 22.5. The molecule has 2 heterocycles. The minimum atomic E-state index is -0.304. The number of ether oxygens (including phenoxy) is 1. The van der Waals surface area contributed by atoms with E-state index in [1.807, 2.05) is 47.3 Å². The Morgan fingerprint density at radius 2 is 1.87 bits per heavy atom. The smallest absolute Gasteiger partial charge is 0.236 e. The van der Waals surface area contributed by atoms with Crippen LogP contribution in [-0.4, -0.2) is 88.9 Å². The Kier molecular flexibility index (Phi) is 7.35. The van der Waals surface area contributed by atoms with Gasteiger partial charge in [0.25, 0.3) is 0 Å². The van der Waals surface area contributed by atoms with Crippen LogP contribution in [0.15, 0.2) is 24.3 Å². The van der Waals surface area contributed by atoms with E-state index in [0.29, 0.717) is 37.7 Å². The molecule has 0 bridgehead atoms. The summed E-state index contributed by atoms with van der Waals surface area (Å²) in [7, 11) is 5.80. The molecule has 0 N–H and O–H groups in total. The molecule has 1 aliphatic rings. The SMILES string of the molecule is CC(c1nn(CN(C)CC(=O)N2CCOCC2)c(=S)n1-c1ccc(F)cc1)N(C)C. The van der Waals surface area contributed by atoms with Crippen molar-refractivity contribution in [2.75, 3.05) is 54.0 Å². The van der Waals surface area contributed by atoms with Crippen molar-refractivity contribution in [3.63, 3.8) is 0 Å². The number of morpholine rings is 1. The van der Waals surface area contributed by atoms with E-state index in [1.54, 1.807) is 16.8 Å². The molecular formula is C20H29FN6O2S. The normalized spacial score (nSPS) is 15.8. The first-order valence-corrected chi connectivity index (χ1v) is 10.3. The lowest BCUT2D eigenvalue weighted by molar-refractivity contribution is -0.136. The number of hydrogen-bond donors (Lipinski definition) is 0. The molecule has 2 aromatic rings. The van der Waals surface area contributed by atoms with Crippen molar-refractivity contribution < 1.29 is 13.9 Å². The Bertz CT molecular complexity index is 920. The van der Waals surface area contributed by atoms with Gasteiger partial charge in [0.1, 0.15) is 5.82 Å². The van der Waals surface area contributed by atoms with Crippen LogP contribution in [0, 0.1) is 10.6 Å². The molecule has 1 amide bonds. The zero-order valence-corrected chi connectivity index (χ0v) is 18.7. The van der Waals surface area contributed by atoms with Crippen molar-refractivity contribution in [1.29, 1.82) is 0 Å². The van der Waals surface area contributed by atoms with Crippen LogP contribution >= 0.6 is 12.2 Å². The van der Waals surface area contributed by atoms with E-state index in [9.17, 15) is 9.18 Å². The average Bonchev–Trinajstić information content (AvgIpc) is 3.04. The predicted molar refractivity (Wildman–Crippen MR) is 114 cm³/mol. The van der Waals surface area contributed by atoms with Crippen LogP contribution in [-0.2, 0) is 16.2 Å². The van der Waals surface area contributed by atoms with Crippen LogP contribution in [0.3, 0.4) is 0 Å². The largest absolute Gasteiger partial charge is 0.378 e. The summed E-state index contributed by atoms with van der Waals surface area (Å²) in [5, 5.41) is 4.74. The Balaban J connectivity index is 1.84. The fraction of sp³-hybridized carbons (Fsp3) is 0.550. The second-order valence-electron chi connectivity index (χ2n) is 7.74. The zero-order chi connectivity index (χ0) is 21.8. The third kappa shape index (κ3) is 5.12. The Morgan fingerprint density at radius 3 is 2.47 bits per heavy atom. The number of carbonyl (C=O) groups excluding carboxylic acids is 1. The number of likely N-dealkylation sites (N-methyl/N-ethyl adjacent to an activating group) is 1. The monoisotopic (exact) mass is 436 g/mol. The number of nitrogens with zero attached hydrogens (tertiary/aromatic N) is 6. The number of rotatable bonds is 7. The lowest BCUT2D eigenvalue weighted by Crippen LogP contribution is -2.45. The molecule has 3 rings (SSSR count). The maximum Gasteiger partial charge on any atom is 0.236 e. The van der Waals surface area contributed by atoms with Gasteiger partial charge in [0, 0.05) is 18.8 Å². The highest BCUT2D eigenvalue weighted by atomic mass is 32.1. The van der Waals surface area contributed by atoms with E-state index >= 15 is 0 Å². The number of carbonyl (C=O) groups is 1. The molecule has 30 heavy (non-hydrogen) atoms. The molecular weight excluding hydrogens is 407 g/mol. The summed E-state index contributed by atoms with van der Waals surface area (Å²) in [6.45, 7) is 5.07. The Hall–Kier alpha value is -2.14. The molecule has 1 atom stereocenters. The lowest BCUT2D eigenvalue weighted by Gasteiger charge is -2.28. The first-order chi connectivity index (χ1) is 14.3. The topological polar surface area (TPSA) is 58.8 Å². The molecule has 0 aliphatic carbocycles. The molecule has 0 saturated carbocycles. The van der Waals surface area contributed by atoms with E-state index in [2.05, 4.69) is 0 Å². The van der Waals surface area contributed by atoms with Gasteiger partial charge in [-0.3, -0.25) is 19.2 Å². The van der Waals surface area contributed by atoms with Crippen molar-refractivity contribution >= 4 is 18.1 Å². The van der Waals surface area contributed by atoms with Crippen molar-refractivity contribution in [2.24, 2.45) is 0 Å². The van der Waals surface area contributed by atoms with Crippen LogP contribution < -0.4 is 0 Å². The van der Waals surface area contributed by atoms with Crippen LogP contribution in [0.5, 0.6) is 0 Å². The summed E-state index contributed by atoms with van der Waals surface area (Å²) >= 11 is 5.70. The van der Waals surface area contributed by atoms with Gasteiger partial charge in [0.15, 0.2) is 5.82 Å². The number of aromatic nitrogens is 3. The highest BCUT2D eigenvalue weighted by Gasteiger charge is 2.22. The van der Waals surface area contributed by atoms with E-state index in [1.165, 1.54) is 12.1 Å². The van der Waals surface area contributed by atoms with Gasteiger partial charge >= 0.3 is 0 Å². The molecule has 0 radical (unpaired) electrons. The molecule has 1 aromatic carbocycles. The number of benzene rings is 1. The third-order valence-electron chi connectivity index (χ3n) is 5.24. The van der Waals surface area contributed by atoms with Crippen LogP contribution in [0.2, 0.25) is 0 Å². The summed E-state index contributed by atoms with van der Waals surface area (Å²) in [6.07, 6.45) is 0. The summed E-state index contributed by atoms with van der Waals surface area (Å²) in [4.78, 5) is 18.3. The summed E-state index contributed by atoms with van der Waals surface area (Å²) in [5.74, 6) is 0.512. The summed E-state index contributed by atoms with van der Waals surface area (Å²) in [5.41, 5.74) is 0.753. The first-order valence-electron chi connectivity index (χ1n) is 9.94. The van der Waals surface area contributed by atoms with E-state index in [-0.39, 0.29) is 24.3 Å². The molecule has 1 fully saturated rings. The van der Waals surface area contributed by atoms with Crippen LogP contribution in [0.4, 0.5) is 4.39 Å². The predicted octanol–water partition coefficient (Wildman–Crippen LogP) is 1.91. The van der Waals surface area contributed by atoms with Crippen LogP contribution in [0.1, 0.15) is 18.8 Å². The van der Waals surface area contributed by atoms with E-state index in [0.717, 1.165) is 11.5 Å². The molecule has 164 valence electrons. The molecule has 1 saturated heterocycles. The highest BCUT2D eigenvalue weighted by molar-refractivity contribution is 7.71. The second kappa shape index (κ2) is 9.78. The molecule has 1 aromatic heterocycles. The number of hydrogen-bond acceptors (Lipinski definition) is 6. The van der Waals surface area contributed by atoms with Gasteiger partial charge in [0.05, 0.1) is 32.5 Å². The lowest BCUT2D eigenvalue weighted by atomic mass is 10.2. The van der Waals surface area contributed by atoms with Gasteiger partial charge in [-0.05, 0) is 64.6 Å². The quantitative estimate of drug-likeness (QED) is 0.618. The standard InChI is InChI=1S/C20H29FN6O2S/c1-15(23(2)3)19-22-26(20(30)27(19)17-7-5-16(21)6-8-17)14-24(4)13-18(28)25-9-11-29-12-10-25/h5-8,15H,9-14H2,1-4H3. The van der Waals surface area contributed by atoms with Gasteiger partial charge in [-0.25, -0.2) is 9.07 Å². The van der Waals surface area contributed by atoms with Gasteiger partial charge in [-0.15, -0.1) is 0 Å². The van der Waals surface area contributed by atoms with Crippen molar-refractivity contribution in [3.8, 4) is 5.69 Å². The Labute approximate surface area is 181 Å². The number of halogens is 1. The van der Waals surface area contributed by atoms with Gasteiger partial charge in [-0.2, -0.15) is 5.10 Å². The molecule has 8 nitrogen and oxygen atoms in total. The van der Waals surface area contributed by atoms with Gasteiger partial charge in [0.2, 0.25) is 10.7 Å². The fourth-order valence-corrected chi connectivity index (χ4v) is 3.57. The minimum Gasteiger partial charge on any atom is -0.378 e. The maximum absolute atomic E-state index is 13.4. The van der Waals surface area contributed by atoms with E-state index in [4.69, 9.17) is 22.1 Å². The summed E-state index contributed by atoms with van der Waals surface area (Å²) in [6, 6.07) is 6.18. The molecule has 10 heteroatoms. The van der Waals surface area contributed by atoms with Crippen molar-refractivity contribution in [3.05, 3.63) is 40.7 Å². The van der Waals surface area contributed by atoms with Gasteiger partial charge < -0.3 is 9.64 Å². The average molecular weight is 437 g/mol. The number of amides is 1. The van der Waals surface area contributed by atoms with E-state index < -0.39 is 0 Å². The van der Waals surface area contributed by atoms with Gasteiger partial charge in [-0.1, -0.05) is 0 Å². The third-order valence-corrected chi connectivity index (χ3v) is 5.64. The second-order valence-corrected chi connectivity index (χ2v) is 8.11. The maximum atomic E-state index is 13.4. The van der Waals surface area contributed by atoms with Crippen molar-refractivity contribution in [2.45, 2.75) is 19.6 Å². The minimum absolute atomic E-state index is 0.0155. The summed E-state index contributed by atoms with van der Waals surface area (Å²) < 4.78 is 22.8. The fourth-order valence-electron chi connectivity index (χ4n) is 3.27. The molecule has 1 unspecified atom stereocenters. The van der Waals surface area contributed by atoms with Crippen molar-refractivity contribution in [1.82, 2.24) is 29.0 Å². The Morgan fingerprint density at radius 1 is 1.23 bits per heavy atom. The molecule has 1 aliphatic heterocycles. The van der Waals surface area contributed by atoms with Crippen LogP contribution in [0.25, 0.3) is 5.69 Å².